The van der Waals surface area contributed by atoms with E-state index < -0.39 is 52.1 Å². The molecule has 1 aromatic rings. The molecule has 11 atom stereocenters. The van der Waals surface area contributed by atoms with Crippen molar-refractivity contribution in [2.45, 2.75) is 165 Å². The van der Waals surface area contributed by atoms with Crippen LogP contribution >= 0.6 is 0 Å². The van der Waals surface area contributed by atoms with Crippen LogP contribution in [0, 0.1) is 74.9 Å². The Morgan fingerprint density at radius 3 is 2.20 bits per heavy atom. The summed E-state index contributed by atoms with van der Waals surface area (Å²) in [6.07, 6.45) is 9.39. The number of nitrogens with zero attached hydrogens (tertiary/aromatic N) is 2. The second kappa shape index (κ2) is 15.0. The summed E-state index contributed by atoms with van der Waals surface area (Å²) in [6, 6.07) is 0. The van der Waals surface area contributed by atoms with Gasteiger partial charge >= 0.3 is 11.9 Å². The van der Waals surface area contributed by atoms with Crippen molar-refractivity contribution in [1.29, 1.82) is 0 Å². The predicted molar refractivity (Wildman–Crippen MR) is 230 cm³/mol. The number of carbonyl (C=O) groups excluding carboxylic acids is 4. The summed E-state index contributed by atoms with van der Waals surface area (Å²) in [7, 11) is 0. The van der Waals surface area contributed by atoms with Crippen LogP contribution in [0.2, 0.25) is 0 Å². The number of hydrogen-bond donors (Lipinski definition) is 4. The third-order valence-electron chi connectivity index (χ3n) is 18.6. The molecule has 6 aliphatic carbocycles. The van der Waals surface area contributed by atoms with Gasteiger partial charge < -0.3 is 25.6 Å². The van der Waals surface area contributed by atoms with E-state index in [1.54, 1.807) is 27.0 Å². The zero-order valence-corrected chi connectivity index (χ0v) is 38.8. The fourth-order valence-corrected chi connectivity index (χ4v) is 14.8. The number of ketones is 1. The molecular formula is C49H72N4O8. The molecule has 1 heterocycles. The van der Waals surface area contributed by atoms with E-state index in [9.17, 15) is 34.2 Å². The minimum Gasteiger partial charge on any atom is -0.481 e. The van der Waals surface area contributed by atoms with Gasteiger partial charge in [0, 0.05) is 30.0 Å². The number of carbonyl (C=O) groups is 5. The molecule has 7 rings (SSSR count). The Bertz CT molecular complexity index is 2040. The maximum Gasteiger partial charge on any atom is 0.309 e. The van der Waals surface area contributed by atoms with Crippen LogP contribution in [0.25, 0.3) is 0 Å². The lowest BCUT2D eigenvalue weighted by molar-refractivity contribution is -0.238. The lowest BCUT2D eigenvalue weighted by Gasteiger charge is -2.72. The third-order valence-corrected chi connectivity index (χ3v) is 18.6. The minimum absolute atomic E-state index is 0.00472. The van der Waals surface area contributed by atoms with Gasteiger partial charge in [-0.3, -0.25) is 29.0 Å². The summed E-state index contributed by atoms with van der Waals surface area (Å²) < 4.78 is 6.41. The van der Waals surface area contributed by atoms with Gasteiger partial charge in [0.2, 0.25) is 5.91 Å². The summed E-state index contributed by atoms with van der Waals surface area (Å²) in [5, 5.41) is 27.7. The average Bonchev–Trinajstić information content (AvgIpc) is 3.47. The van der Waals surface area contributed by atoms with E-state index in [1.807, 2.05) is 13.8 Å². The highest BCUT2D eigenvalue weighted by atomic mass is 16.5. The van der Waals surface area contributed by atoms with E-state index in [-0.39, 0.29) is 70.0 Å². The second-order valence-electron chi connectivity index (χ2n) is 23.0. The van der Waals surface area contributed by atoms with Crippen LogP contribution in [-0.2, 0) is 23.9 Å². The van der Waals surface area contributed by atoms with Gasteiger partial charge in [-0.2, -0.15) is 0 Å². The summed E-state index contributed by atoms with van der Waals surface area (Å²) in [5.74, 6) is -2.08. The Morgan fingerprint density at radius 2 is 1.57 bits per heavy atom. The molecule has 2 amide bonds. The van der Waals surface area contributed by atoms with Crippen molar-refractivity contribution in [3.63, 3.8) is 0 Å². The number of carboxylic acids is 1. The molecule has 1 aromatic heterocycles. The smallest absolute Gasteiger partial charge is 0.309 e. The first kappa shape index (κ1) is 45.4. The number of rotatable bonds is 10. The van der Waals surface area contributed by atoms with Crippen molar-refractivity contribution in [3.05, 3.63) is 34.9 Å². The van der Waals surface area contributed by atoms with Crippen LogP contribution in [0.1, 0.15) is 157 Å². The molecule has 0 spiro atoms. The largest absolute Gasteiger partial charge is 0.481 e. The number of carboxylic acid groups (broad SMARTS) is 1. The summed E-state index contributed by atoms with van der Waals surface area (Å²) in [4.78, 5) is 74.6. The van der Waals surface area contributed by atoms with Gasteiger partial charge in [-0.1, -0.05) is 67.9 Å². The first-order chi connectivity index (χ1) is 28.2. The van der Waals surface area contributed by atoms with Crippen molar-refractivity contribution < 1.29 is 38.9 Å². The van der Waals surface area contributed by atoms with Gasteiger partial charge in [0.1, 0.15) is 17.3 Å². The van der Waals surface area contributed by atoms with Crippen molar-refractivity contribution in [1.82, 2.24) is 20.6 Å². The average molecular weight is 845 g/mol. The Morgan fingerprint density at radius 1 is 0.885 bits per heavy atom. The first-order valence-electron chi connectivity index (χ1n) is 23.0. The van der Waals surface area contributed by atoms with Crippen molar-refractivity contribution >= 4 is 29.5 Å². The lowest BCUT2D eigenvalue weighted by atomic mass is 9.33. The molecule has 0 aliphatic heterocycles. The monoisotopic (exact) mass is 845 g/mol. The molecule has 12 nitrogen and oxygen atoms in total. The van der Waals surface area contributed by atoms with E-state index in [2.05, 4.69) is 69.1 Å². The molecule has 0 unspecified atom stereocenters. The minimum atomic E-state index is -1.31. The van der Waals surface area contributed by atoms with Crippen LogP contribution in [0.3, 0.4) is 0 Å². The molecular weight excluding hydrogens is 773 g/mol. The normalized spacial score (nSPS) is 37.9. The number of hydrogen-bond acceptors (Lipinski definition) is 9. The number of aliphatic carboxylic acids is 1. The van der Waals surface area contributed by atoms with Gasteiger partial charge in [0.05, 0.1) is 29.8 Å². The molecule has 0 saturated heterocycles. The standard InChI is InChI=1S/C49H72N4O8/c1-26(2)37-32(54)22-49(35(55)25-51-42(60)45(8,9)53-39(56)31-24-50-23-27(3)52-31)20-19-47(11)28(38(37)49)13-14-34-46(10)17-16-36(44(6,7)33(46)15-18-48(34,47)12)61-41(59)30-21-29(40(57)58)43(30,4)5/h23-24,26,28-30,33-36,55H,13-22,25H2,1-12H3,(H,51,60)(H,53,56)(H,57,58)/t28-,29+,30-,33+,34-,35+,36+,46+,47-,48-,49+/m1/s1. The fourth-order valence-electron chi connectivity index (χ4n) is 14.8. The number of esters is 1. The molecule has 0 radical (unpaired) electrons. The SMILES string of the molecule is Cc1cncc(C(=O)NC(C)(C)C(=O)NC[C@H](O)[C@@]23CC[C@]4(C)[C@H](CC[C@@H]5[C@@]6(C)CC[C@H](OC(=O)[C@H]7C[C@@H](C(=O)O)C7(C)C)C(C)(C)[C@@H]6CC[C@]54C)C2=C(C(C)C)C(=O)C3)n1. The highest BCUT2D eigenvalue weighted by molar-refractivity contribution is 6.01. The maximum atomic E-state index is 14.2. The molecule has 336 valence electrons. The van der Waals surface area contributed by atoms with Crippen molar-refractivity contribution in [2.24, 2.45) is 68.0 Å². The zero-order chi connectivity index (χ0) is 45.0. The molecule has 5 fully saturated rings. The van der Waals surface area contributed by atoms with E-state index in [0.29, 0.717) is 30.4 Å². The van der Waals surface area contributed by atoms with Crippen LogP contribution in [0.15, 0.2) is 23.5 Å². The molecule has 0 aromatic carbocycles. The molecule has 4 N–H and O–H groups in total. The third kappa shape index (κ3) is 6.80. The van der Waals surface area contributed by atoms with Gasteiger partial charge in [-0.25, -0.2) is 4.98 Å². The molecule has 5 saturated carbocycles. The Hall–Kier alpha value is -3.67. The summed E-state index contributed by atoms with van der Waals surface area (Å²) >= 11 is 0. The zero-order valence-electron chi connectivity index (χ0n) is 38.8. The van der Waals surface area contributed by atoms with Crippen molar-refractivity contribution in [2.75, 3.05) is 6.54 Å². The number of aliphatic hydroxyl groups excluding tert-OH is 1. The lowest BCUT2D eigenvalue weighted by Crippen LogP contribution is -2.66. The molecule has 6 aliphatic rings. The fraction of sp³-hybridized carbons (Fsp3) is 0.776. The summed E-state index contributed by atoms with van der Waals surface area (Å²) in [5.41, 5.74) is -0.489. The highest BCUT2D eigenvalue weighted by Gasteiger charge is 2.71. The van der Waals surface area contributed by atoms with Crippen molar-refractivity contribution in [3.8, 4) is 0 Å². The Labute approximate surface area is 362 Å². The summed E-state index contributed by atoms with van der Waals surface area (Å²) in [6.45, 7) is 24.9. The highest BCUT2D eigenvalue weighted by Crippen LogP contribution is 2.77. The van der Waals surface area contributed by atoms with E-state index >= 15 is 0 Å². The number of Topliss-reactive ketones (excluding diaryl/α,β-unsaturated/α-hetero) is 1. The van der Waals surface area contributed by atoms with E-state index in [4.69, 9.17) is 4.74 Å². The van der Waals surface area contributed by atoms with Gasteiger partial charge in [-0.15, -0.1) is 0 Å². The molecule has 0 bridgehead atoms. The Kier molecular flexibility index (Phi) is 11.1. The number of allylic oxidation sites excluding steroid dienone is 1. The number of aromatic nitrogens is 2. The topological polar surface area (TPSA) is 185 Å². The quantitative estimate of drug-likeness (QED) is 0.173. The molecule has 12 heteroatoms. The van der Waals surface area contributed by atoms with Gasteiger partial charge in [0.15, 0.2) is 5.78 Å². The van der Waals surface area contributed by atoms with Crippen LogP contribution in [-0.4, -0.2) is 74.0 Å². The number of aliphatic hydroxyl groups is 1. The van der Waals surface area contributed by atoms with Gasteiger partial charge in [-0.05, 0) is 129 Å². The van der Waals surface area contributed by atoms with Crippen LogP contribution in [0.5, 0.6) is 0 Å². The number of fused-ring (bicyclic) bond motifs is 7. The van der Waals surface area contributed by atoms with Crippen LogP contribution in [0.4, 0.5) is 0 Å². The van der Waals surface area contributed by atoms with Gasteiger partial charge in [0.25, 0.3) is 5.91 Å². The van der Waals surface area contributed by atoms with E-state index in [0.717, 1.165) is 56.1 Å². The predicted octanol–water partition coefficient (Wildman–Crippen LogP) is 7.41. The number of nitrogens with one attached hydrogen (secondary N) is 2. The number of amides is 2. The Balaban J connectivity index is 1.10. The number of ether oxygens (including phenoxy) is 1. The molecule has 61 heavy (non-hydrogen) atoms. The maximum absolute atomic E-state index is 14.2. The number of aryl methyl sites for hydroxylation is 1. The first-order valence-corrected chi connectivity index (χ1v) is 23.0. The second-order valence-corrected chi connectivity index (χ2v) is 23.0. The van der Waals surface area contributed by atoms with E-state index in [1.165, 1.54) is 6.20 Å². The van der Waals surface area contributed by atoms with Crippen LogP contribution < -0.4 is 10.6 Å².